The highest BCUT2D eigenvalue weighted by Crippen LogP contribution is 2.29. The third kappa shape index (κ3) is 3.76. The minimum Gasteiger partial charge on any atom is -0.443 e. The molecule has 3 aromatic heterocycles. The van der Waals surface area contributed by atoms with Crippen LogP contribution in [0.5, 0.6) is 0 Å². The van der Waals surface area contributed by atoms with Crippen molar-refractivity contribution in [2.75, 3.05) is 0 Å². The van der Waals surface area contributed by atoms with Crippen molar-refractivity contribution in [3.05, 3.63) is 66.6 Å². The molecule has 0 saturated heterocycles. The lowest BCUT2D eigenvalue weighted by molar-refractivity contribution is 0.0544. The Kier molecular flexibility index (Phi) is 4.66. The Morgan fingerprint density at radius 1 is 1.07 bits per heavy atom. The van der Waals surface area contributed by atoms with E-state index in [1.807, 2.05) is 62.0 Å². The predicted octanol–water partition coefficient (Wildman–Crippen LogP) is 4.69. The Morgan fingerprint density at radius 3 is 2.55 bits per heavy atom. The number of hydrogen-bond acceptors (Lipinski definition) is 5. The van der Waals surface area contributed by atoms with Crippen LogP contribution in [-0.4, -0.2) is 36.2 Å². The van der Waals surface area contributed by atoms with Crippen LogP contribution >= 0.6 is 0 Å². The summed E-state index contributed by atoms with van der Waals surface area (Å²) in [6.07, 6.45) is 4.78. The third-order valence-corrected chi connectivity index (χ3v) is 4.62. The van der Waals surface area contributed by atoms with E-state index < -0.39 is 11.7 Å². The molecule has 0 aliphatic rings. The van der Waals surface area contributed by atoms with Crippen molar-refractivity contribution in [2.45, 2.75) is 39.3 Å². The smallest absolute Gasteiger partial charge is 0.420 e. The van der Waals surface area contributed by atoms with E-state index in [0.717, 1.165) is 16.5 Å². The Balaban J connectivity index is 1.74. The number of hydrogen-bond donors (Lipinski definition) is 0. The Morgan fingerprint density at radius 2 is 1.83 bits per heavy atom. The summed E-state index contributed by atoms with van der Waals surface area (Å²) in [6, 6.07) is 13.9. The van der Waals surface area contributed by atoms with E-state index in [9.17, 15) is 4.79 Å². The highest BCUT2D eigenvalue weighted by molar-refractivity contribution is 5.97. The molecule has 0 bridgehead atoms. The van der Waals surface area contributed by atoms with Crippen LogP contribution in [0.15, 0.2) is 61.1 Å². The van der Waals surface area contributed by atoms with Crippen LogP contribution in [0.25, 0.3) is 22.3 Å². The molecule has 4 aromatic rings. The highest BCUT2D eigenvalue weighted by atomic mass is 16.6. The van der Waals surface area contributed by atoms with E-state index in [-0.39, 0.29) is 6.04 Å². The molecule has 29 heavy (non-hydrogen) atoms. The van der Waals surface area contributed by atoms with Crippen LogP contribution in [0.2, 0.25) is 0 Å². The molecular formula is C22H23N5O2. The third-order valence-electron chi connectivity index (χ3n) is 4.62. The molecule has 7 nitrogen and oxygen atoms in total. The number of nitrogens with zero attached hydrogens (tertiary/aromatic N) is 5. The van der Waals surface area contributed by atoms with Gasteiger partial charge in [-0.1, -0.05) is 35.5 Å². The second-order valence-corrected chi connectivity index (χ2v) is 7.94. The van der Waals surface area contributed by atoms with Crippen molar-refractivity contribution in [3.63, 3.8) is 0 Å². The molecule has 0 saturated carbocycles. The summed E-state index contributed by atoms with van der Waals surface area (Å²) in [5.74, 6) is 0. The van der Waals surface area contributed by atoms with Crippen LogP contribution in [0.1, 0.15) is 39.3 Å². The zero-order valence-electron chi connectivity index (χ0n) is 16.9. The van der Waals surface area contributed by atoms with Crippen LogP contribution in [0.3, 0.4) is 0 Å². The summed E-state index contributed by atoms with van der Waals surface area (Å²) < 4.78 is 8.77. The summed E-state index contributed by atoms with van der Waals surface area (Å²) in [4.78, 5) is 17.1. The predicted molar refractivity (Wildman–Crippen MR) is 111 cm³/mol. The largest absolute Gasteiger partial charge is 0.443 e. The van der Waals surface area contributed by atoms with E-state index in [1.54, 1.807) is 12.4 Å². The van der Waals surface area contributed by atoms with Gasteiger partial charge in [0.15, 0.2) is 0 Å². The topological polar surface area (TPSA) is 74.8 Å². The summed E-state index contributed by atoms with van der Waals surface area (Å²) >= 11 is 0. The number of fused-ring (bicyclic) bond motifs is 1. The Bertz CT molecular complexity index is 1150. The molecule has 1 atom stereocenters. The molecule has 4 rings (SSSR count). The monoisotopic (exact) mass is 389 g/mol. The van der Waals surface area contributed by atoms with E-state index in [2.05, 4.69) is 34.4 Å². The average Bonchev–Trinajstić information content (AvgIpc) is 3.32. The molecule has 0 amide bonds. The lowest BCUT2D eigenvalue weighted by Gasteiger charge is -2.19. The number of rotatable bonds is 3. The SMILES string of the molecule is CC(c1ccccc1)n1cc(-c2cn(C(=O)OC(C)(C)C)c3ncccc23)nn1. The minimum atomic E-state index is -0.600. The molecule has 0 fully saturated rings. The van der Waals surface area contributed by atoms with E-state index in [1.165, 1.54) is 4.57 Å². The molecule has 0 aliphatic carbocycles. The van der Waals surface area contributed by atoms with Gasteiger partial charge in [-0.15, -0.1) is 5.10 Å². The standard InChI is InChI=1S/C22H23N5O2/c1-15(16-9-6-5-7-10-16)27-14-19(24-25-27)18-13-26(21(28)29-22(2,3)4)20-17(18)11-8-12-23-20/h5-15H,1-4H3. The molecule has 0 N–H and O–H groups in total. The maximum atomic E-state index is 12.7. The van der Waals surface area contributed by atoms with Gasteiger partial charge < -0.3 is 4.74 Å². The normalized spacial score (nSPS) is 12.8. The van der Waals surface area contributed by atoms with Crippen molar-refractivity contribution in [1.29, 1.82) is 0 Å². The zero-order chi connectivity index (χ0) is 20.6. The first-order valence-corrected chi connectivity index (χ1v) is 9.50. The van der Waals surface area contributed by atoms with Crippen LogP contribution < -0.4 is 0 Å². The lowest BCUT2D eigenvalue weighted by Crippen LogP contribution is -2.26. The maximum Gasteiger partial charge on any atom is 0.420 e. The number of benzene rings is 1. The van der Waals surface area contributed by atoms with Crippen LogP contribution in [0.4, 0.5) is 4.79 Å². The quantitative estimate of drug-likeness (QED) is 0.508. The molecule has 0 spiro atoms. The van der Waals surface area contributed by atoms with Gasteiger partial charge in [0.05, 0.1) is 12.2 Å². The highest BCUT2D eigenvalue weighted by Gasteiger charge is 2.23. The van der Waals surface area contributed by atoms with Crippen molar-refractivity contribution in [1.82, 2.24) is 24.5 Å². The summed E-state index contributed by atoms with van der Waals surface area (Å²) in [6.45, 7) is 7.57. The fourth-order valence-corrected chi connectivity index (χ4v) is 3.19. The first-order valence-electron chi connectivity index (χ1n) is 9.50. The summed E-state index contributed by atoms with van der Waals surface area (Å²) in [7, 11) is 0. The number of carbonyl (C=O) groups is 1. The van der Waals surface area contributed by atoms with Crippen molar-refractivity contribution in [3.8, 4) is 11.3 Å². The molecule has 7 heteroatoms. The number of ether oxygens (including phenoxy) is 1. The molecule has 1 unspecified atom stereocenters. The number of pyridine rings is 1. The Labute approximate surface area is 168 Å². The second-order valence-electron chi connectivity index (χ2n) is 7.94. The molecule has 0 aliphatic heterocycles. The van der Waals surface area contributed by atoms with Crippen molar-refractivity contribution >= 4 is 17.1 Å². The minimum absolute atomic E-state index is 0.0368. The van der Waals surface area contributed by atoms with Gasteiger partial charge >= 0.3 is 6.09 Å². The van der Waals surface area contributed by atoms with Gasteiger partial charge in [-0.25, -0.2) is 19.0 Å². The van der Waals surface area contributed by atoms with Gasteiger partial charge in [0.1, 0.15) is 16.9 Å². The fraction of sp³-hybridized carbons (Fsp3) is 0.273. The van der Waals surface area contributed by atoms with Gasteiger partial charge in [-0.05, 0) is 45.4 Å². The molecule has 1 aromatic carbocycles. The van der Waals surface area contributed by atoms with Gasteiger partial charge in [0.25, 0.3) is 0 Å². The number of aromatic nitrogens is 5. The fourth-order valence-electron chi connectivity index (χ4n) is 3.19. The van der Waals surface area contributed by atoms with Gasteiger partial charge in [0.2, 0.25) is 0 Å². The van der Waals surface area contributed by atoms with Gasteiger partial charge in [0, 0.05) is 23.3 Å². The average molecular weight is 389 g/mol. The maximum absolute atomic E-state index is 12.7. The molecule has 0 radical (unpaired) electrons. The summed E-state index contributed by atoms with van der Waals surface area (Å²) in [5.41, 5.74) is 2.53. The van der Waals surface area contributed by atoms with Crippen molar-refractivity contribution < 1.29 is 9.53 Å². The van der Waals surface area contributed by atoms with Crippen LogP contribution in [0, 0.1) is 0 Å². The molecule has 148 valence electrons. The zero-order valence-corrected chi connectivity index (χ0v) is 16.9. The van der Waals surface area contributed by atoms with E-state index in [0.29, 0.717) is 11.3 Å². The Hall–Kier alpha value is -3.48. The van der Waals surface area contributed by atoms with E-state index >= 15 is 0 Å². The number of carbonyl (C=O) groups excluding carboxylic acids is 1. The van der Waals surface area contributed by atoms with Crippen LogP contribution in [-0.2, 0) is 4.74 Å². The first-order chi connectivity index (χ1) is 13.8. The second kappa shape index (κ2) is 7.16. The molecular weight excluding hydrogens is 366 g/mol. The summed E-state index contributed by atoms with van der Waals surface area (Å²) in [5, 5.41) is 9.48. The lowest BCUT2D eigenvalue weighted by atomic mass is 10.1. The van der Waals surface area contributed by atoms with E-state index in [4.69, 9.17) is 4.74 Å². The van der Waals surface area contributed by atoms with Crippen molar-refractivity contribution in [2.24, 2.45) is 0 Å². The van der Waals surface area contributed by atoms with Gasteiger partial charge in [-0.2, -0.15) is 0 Å². The molecule has 3 heterocycles. The first kappa shape index (κ1) is 18.9. The van der Waals surface area contributed by atoms with Gasteiger partial charge in [-0.3, -0.25) is 0 Å².